The monoisotopic (exact) mass is 439 g/mol. The van der Waals surface area contributed by atoms with Crippen LogP contribution in [0.2, 0.25) is 0 Å². The summed E-state index contributed by atoms with van der Waals surface area (Å²) in [4.78, 5) is 20.0. The molecule has 0 radical (unpaired) electrons. The first kappa shape index (κ1) is 18.9. The zero-order chi connectivity index (χ0) is 21.9. The predicted molar refractivity (Wildman–Crippen MR) is 126 cm³/mol. The Morgan fingerprint density at radius 2 is 1.88 bits per heavy atom. The fourth-order valence-electron chi connectivity index (χ4n) is 4.95. The molecule has 0 atom stereocenters. The molecule has 0 bridgehead atoms. The quantitative estimate of drug-likeness (QED) is 0.440. The topological polar surface area (TPSA) is 104 Å². The number of imidazole rings is 1. The van der Waals surface area contributed by atoms with Crippen LogP contribution in [0.5, 0.6) is 0 Å². The number of hydrogen-bond acceptors (Lipinski definition) is 6. The molecule has 2 N–H and O–H groups in total. The van der Waals surface area contributed by atoms with Gasteiger partial charge in [-0.2, -0.15) is 10.2 Å². The number of piperidine rings is 1. The van der Waals surface area contributed by atoms with E-state index in [2.05, 4.69) is 54.5 Å². The highest BCUT2D eigenvalue weighted by Crippen LogP contribution is 2.36. The smallest absolute Gasteiger partial charge is 0.159 e. The Labute approximate surface area is 190 Å². The fourth-order valence-corrected chi connectivity index (χ4v) is 4.95. The number of H-pyrrole nitrogens is 2. The summed E-state index contributed by atoms with van der Waals surface area (Å²) in [7, 11) is 2.18. The molecule has 5 aromatic heterocycles. The highest BCUT2D eigenvalue weighted by atomic mass is 15.3. The molecule has 2 aliphatic rings. The summed E-state index contributed by atoms with van der Waals surface area (Å²) in [5.41, 5.74) is 6.79. The summed E-state index contributed by atoms with van der Waals surface area (Å²) < 4.78 is 2.05. The lowest BCUT2D eigenvalue weighted by atomic mass is 9.90. The molecule has 1 saturated heterocycles. The number of fused-ring (bicyclic) bond motifs is 2. The summed E-state index contributed by atoms with van der Waals surface area (Å²) in [6, 6.07) is 2.63. The van der Waals surface area contributed by atoms with Crippen molar-refractivity contribution in [1.29, 1.82) is 0 Å². The molecule has 0 amide bonds. The maximum atomic E-state index is 5.01. The minimum absolute atomic E-state index is 0.489. The van der Waals surface area contributed by atoms with Crippen LogP contribution in [0.1, 0.15) is 43.2 Å². The molecule has 166 valence electrons. The van der Waals surface area contributed by atoms with E-state index in [0.29, 0.717) is 12.0 Å². The van der Waals surface area contributed by atoms with Crippen LogP contribution in [-0.4, -0.2) is 65.0 Å². The lowest BCUT2D eigenvalue weighted by Crippen LogP contribution is -2.29. The molecule has 0 aromatic carbocycles. The third-order valence-corrected chi connectivity index (χ3v) is 7.07. The third kappa shape index (κ3) is 3.22. The van der Waals surface area contributed by atoms with Crippen molar-refractivity contribution < 1.29 is 0 Å². The Morgan fingerprint density at radius 3 is 2.73 bits per heavy atom. The van der Waals surface area contributed by atoms with E-state index in [1.807, 2.05) is 29.5 Å². The molecule has 33 heavy (non-hydrogen) atoms. The van der Waals surface area contributed by atoms with Crippen LogP contribution in [0.15, 0.2) is 37.1 Å². The zero-order valence-electron chi connectivity index (χ0n) is 18.5. The normalized spacial score (nSPS) is 18.0. The van der Waals surface area contributed by atoms with Crippen LogP contribution in [0.4, 0.5) is 0 Å². The minimum Gasteiger partial charge on any atom is -0.335 e. The average molecular weight is 440 g/mol. The van der Waals surface area contributed by atoms with Gasteiger partial charge in [0.15, 0.2) is 5.82 Å². The van der Waals surface area contributed by atoms with E-state index in [9.17, 15) is 0 Å². The predicted octanol–water partition coefficient (Wildman–Crippen LogP) is 3.90. The molecule has 1 saturated carbocycles. The Balaban J connectivity index is 1.29. The summed E-state index contributed by atoms with van der Waals surface area (Å²) in [6.45, 7) is 2.21. The minimum atomic E-state index is 0.489. The van der Waals surface area contributed by atoms with Crippen LogP contribution < -0.4 is 0 Å². The van der Waals surface area contributed by atoms with Gasteiger partial charge in [0.25, 0.3) is 0 Å². The molecule has 0 unspecified atom stereocenters. The van der Waals surface area contributed by atoms with Crippen LogP contribution in [0.3, 0.4) is 0 Å². The van der Waals surface area contributed by atoms with E-state index >= 15 is 0 Å². The highest BCUT2D eigenvalue weighted by Gasteiger charge is 2.25. The Kier molecular flexibility index (Phi) is 4.14. The van der Waals surface area contributed by atoms with E-state index in [-0.39, 0.29) is 0 Å². The van der Waals surface area contributed by atoms with Gasteiger partial charge in [-0.1, -0.05) is 0 Å². The molecular weight excluding hydrogens is 414 g/mol. The summed E-state index contributed by atoms with van der Waals surface area (Å²) >= 11 is 0. The van der Waals surface area contributed by atoms with Gasteiger partial charge in [-0.3, -0.25) is 19.7 Å². The molecule has 1 aliphatic carbocycles. The molecule has 9 heteroatoms. The largest absolute Gasteiger partial charge is 0.335 e. The number of aromatic amines is 2. The number of likely N-dealkylation sites (tertiary alicyclic amines) is 1. The molecule has 9 nitrogen and oxygen atoms in total. The van der Waals surface area contributed by atoms with Crippen molar-refractivity contribution in [3.05, 3.63) is 42.6 Å². The first-order valence-corrected chi connectivity index (χ1v) is 11.6. The maximum absolute atomic E-state index is 5.01. The molecule has 7 rings (SSSR count). The van der Waals surface area contributed by atoms with Crippen LogP contribution >= 0.6 is 0 Å². The van der Waals surface area contributed by atoms with Gasteiger partial charge < -0.3 is 9.88 Å². The van der Waals surface area contributed by atoms with Gasteiger partial charge in [0, 0.05) is 28.9 Å². The first-order valence-electron chi connectivity index (χ1n) is 11.6. The standard InChI is InChI=1S/C24H25N9/c1-32-6-4-14(5-7-32)18-10-25-11-21-22(18)29-24(28-21)23-17-8-19(26-12-20(17)30-31-23)15-9-27-33(13-15)16-2-3-16/h8-14,16H,2-7H2,1H3,(H,28,29)(H,30,31). The summed E-state index contributed by atoms with van der Waals surface area (Å²) in [5.74, 6) is 1.24. The third-order valence-electron chi connectivity index (χ3n) is 7.07. The van der Waals surface area contributed by atoms with E-state index < -0.39 is 0 Å². The van der Waals surface area contributed by atoms with Gasteiger partial charge in [0.1, 0.15) is 5.69 Å². The van der Waals surface area contributed by atoms with Crippen molar-refractivity contribution in [3.63, 3.8) is 0 Å². The highest BCUT2D eigenvalue weighted by molar-refractivity contribution is 5.94. The van der Waals surface area contributed by atoms with Crippen LogP contribution in [0, 0.1) is 0 Å². The SMILES string of the molecule is CN1CCC(c2cncc3[nH]c(-c4n[nH]c5cnc(-c6cnn(C7CC7)c6)cc45)nc23)CC1. The Morgan fingerprint density at radius 1 is 1.00 bits per heavy atom. The maximum Gasteiger partial charge on any atom is 0.159 e. The molecule has 2 fully saturated rings. The second kappa shape index (κ2) is 7.21. The number of hydrogen-bond donors (Lipinski definition) is 2. The van der Waals surface area contributed by atoms with Crippen LogP contribution in [-0.2, 0) is 0 Å². The van der Waals surface area contributed by atoms with Crippen molar-refractivity contribution in [2.45, 2.75) is 37.6 Å². The van der Waals surface area contributed by atoms with Gasteiger partial charge in [0.2, 0.25) is 0 Å². The summed E-state index contributed by atoms with van der Waals surface area (Å²) in [5, 5.41) is 13.2. The summed E-state index contributed by atoms with van der Waals surface area (Å²) in [6.07, 6.45) is 14.4. The van der Waals surface area contributed by atoms with Crippen molar-refractivity contribution in [2.24, 2.45) is 0 Å². The number of aromatic nitrogens is 8. The van der Waals surface area contributed by atoms with E-state index in [4.69, 9.17) is 4.98 Å². The van der Waals surface area contributed by atoms with E-state index in [1.54, 1.807) is 0 Å². The number of nitrogens with one attached hydrogen (secondary N) is 2. The lowest BCUT2D eigenvalue weighted by molar-refractivity contribution is 0.256. The molecule has 1 aliphatic heterocycles. The Hall–Kier alpha value is -3.59. The second-order valence-electron chi connectivity index (χ2n) is 9.42. The fraction of sp³-hybridized carbons (Fsp3) is 0.375. The molecule has 5 aromatic rings. The van der Waals surface area contributed by atoms with Gasteiger partial charge in [-0.15, -0.1) is 0 Å². The van der Waals surface area contributed by atoms with Crippen molar-refractivity contribution in [3.8, 4) is 22.8 Å². The van der Waals surface area contributed by atoms with Crippen molar-refractivity contribution >= 4 is 21.9 Å². The number of nitrogens with zero attached hydrogens (tertiary/aromatic N) is 7. The second-order valence-corrected chi connectivity index (χ2v) is 9.42. The van der Waals surface area contributed by atoms with Crippen molar-refractivity contribution in [1.82, 2.24) is 44.8 Å². The molecular formula is C24H25N9. The number of rotatable bonds is 4. The van der Waals surface area contributed by atoms with E-state index in [0.717, 1.165) is 70.6 Å². The molecule has 0 spiro atoms. The Bertz CT molecular complexity index is 1460. The molecule has 6 heterocycles. The zero-order valence-corrected chi connectivity index (χ0v) is 18.5. The van der Waals surface area contributed by atoms with Gasteiger partial charge in [-0.25, -0.2) is 4.98 Å². The van der Waals surface area contributed by atoms with Gasteiger partial charge >= 0.3 is 0 Å². The van der Waals surface area contributed by atoms with E-state index in [1.165, 1.54) is 18.4 Å². The average Bonchev–Trinajstić information content (AvgIpc) is 3.23. The van der Waals surface area contributed by atoms with Crippen molar-refractivity contribution in [2.75, 3.05) is 20.1 Å². The van der Waals surface area contributed by atoms with Gasteiger partial charge in [-0.05, 0) is 57.8 Å². The van der Waals surface area contributed by atoms with Crippen LogP contribution in [0.25, 0.3) is 44.7 Å². The van der Waals surface area contributed by atoms with Gasteiger partial charge in [0.05, 0.1) is 46.9 Å². The first-order chi connectivity index (χ1) is 16.2. The number of pyridine rings is 2. The lowest BCUT2D eigenvalue weighted by Gasteiger charge is -2.29.